The second-order valence-corrected chi connectivity index (χ2v) is 8.69. The molecular formula is C22H24F3NO4. The van der Waals surface area contributed by atoms with E-state index in [2.05, 4.69) is 13.0 Å². The number of benzene rings is 1. The number of ether oxygens (including phenoxy) is 1. The molecule has 162 valence electrons. The topological polar surface area (TPSA) is 66.8 Å². The number of allylic oxidation sites excluding steroid dienone is 1. The van der Waals surface area contributed by atoms with Crippen LogP contribution in [0.25, 0.3) is 0 Å². The smallest absolute Gasteiger partial charge is 0.326 e. The molecule has 30 heavy (non-hydrogen) atoms. The zero-order valence-corrected chi connectivity index (χ0v) is 16.7. The monoisotopic (exact) mass is 423 g/mol. The molecule has 2 fully saturated rings. The fraction of sp³-hybridized carbons (Fsp3) is 0.545. The van der Waals surface area contributed by atoms with E-state index in [4.69, 9.17) is 4.74 Å². The van der Waals surface area contributed by atoms with E-state index >= 15 is 0 Å². The van der Waals surface area contributed by atoms with Gasteiger partial charge in [-0.2, -0.15) is 0 Å². The van der Waals surface area contributed by atoms with E-state index in [-0.39, 0.29) is 11.5 Å². The first-order chi connectivity index (χ1) is 14.1. The molecule has 1 heterocycles. The lowest BCUT2D eigenvalue weighted by Gasteiger charge is -2.22. The maximum absolute atomic E-state index is 14.8. The van der Waals surface area contributed by atoms with Crippen molar-refractivity contribution >= 4 is 11.9 Å². The van der Waals surface area contributed by atoms with Crippen LogP contribution in [-0.2, 0) is 4.79 Å². The summed E-state index contributed by atoms with van der Waals surface area (Å²) >= 11 is 0. The Labute approximate surface area is 172 Å². The summed E-state index contributed by atoms with van der Waals surface area (Å²) in [6.45, 7) is 1.45. The first-order valence-corrected chi connectivity index (χ1v) is 10.2. The van der Waals surface area contributed by atoms with Gasteiger partial charge in [-0.3, -0.25) is 4.79 Å². The number of carbonyl (C=O) groups is 2. The Hall–Kier alpha value is -2.51. The number of likely N-dealkylation sites (tertiary alicyclic amines) is 1. The van der Waals surface area contributed by atoms with Crippen molar-refractivity contribution in [2.75, 3.05) is 13.2 Å². The highest BCUT2D eigenvalue weighted by Crippen LogP contribution is 2.46. The molecule has 2 aliphatic carbocycles. The Morgan fingerprint density at radius 1 is 1.30 bits per heavy atom. The molecule has 4 rings (SSSR count). The molecule has 1 unspecified atom stereocenters. The zero-order valence-electron chi connectivity index (χ0n) is 16.7. The van der Waals surface area contributed by atoms with Crippen LogP contribution in [0.1, 0.15) is 60.9 Å². The van der Waals surface area contributed by atoms with Crippen molar-refractivity contribution in [3.05, 3.63) is 40.7 Å². The minimum Gasteiger partial charge on any atom is -0.489 e. The van der Waals surface area contributed by atoms with Gasteiger partial charge in [-0.25, -0.2) is 18.0 Å². The first kappa shape index (κ1) is 20.8. The number of carboxylic acids is 1. The molecule has 0 aromatic heterocycles. The SMILES string of the molecule is CC1CC=C(COc2cc(F)c(C(=O)N3CC(F)(F)C[C@H]3C(=O)O)cc2C2CC2)C1. The maximum atomic E-state index is 14.8. The van der Waals surface area contributed by atoms with E-state index in [9.17, 15) is 27.9 Å². The molecule has 8 heteroatoms. The molecule has 1 saturated heterocycles. The van der Waals surface area contributed by atoms with Crippen LogP contribution in [0.5, 0.6) is 5.75 Å². The van der Waals surface area contributed by atoms with Crippen molar-refractivity contribution in [3.63, 3.8) is 0 Å². The maximum Gasteiger partial charge on any atom is 0.326 e. The summed E-state index contributed by atoms with van der Waals surface area (Å²) in [6, 6.07) is 0.804. The number of hydrogen-bond acceptors (Lipinski definition) is 3. The molecule has 1 N–H and O–H groups in total. The Kier molecular flexibility index (Phi) is 5.28. The number of amides is 1. The molecule has 5 nitrogen and oxygen atoms in total. The Morgan fingerprint density at radius 2 is 2.03 bits per heavy atom. The second-order valence-electron chi connectivity index (χ2n) is 8.69. The quantitative estimate of drug-likeness (QED) is 0.690. The molecule has 0 radical (unpaired) electrons. The fourth-order valence-electron chi connectivity index (χ4n) is 4.25. The zero-order chi connectivity index (χ0) is 21.6. The molecule has 0 bridgehead atoms. The highest BCUT2D eigenvalue weighted by molar-refractivity contribution is 5.97. The van der Waals surface area contributed by atoms with E-state index in [1.165, 1.54) is 6.07 Å². The summed E-state index contributed by atoms with van der Waals surface area (Å²) in [4.78, 5) is 24.7. The Morgan fingerprint density at radius 3 is 2.63 bits per heavy atom. The van der Waals surface area contributed by atoms with Crippen molar-refractivity contribution in [2.45, 2.75) is 56.9 Å². The predicted molar refractivity (Wildman–Crippen MR) is 102 cm³/mol. The van der Waals surface area contributed by atoms with E-state index in [1.54, 1.807) is 0 Å². The predicted octanol–water partition coefficient (Wildman–Crippen LogP) is 4.37. The number of carboxylic acid groups (broad SMARTS) is 1. The number of nitrogens with zero attached hydrogens (tertiary/aromatic N) is 1. The number of rotatable bonds is 6. The van der Waals surface area contributed by atoms with Gasteiger partial charge in [-0.05, 0) is 54.7 Å². The van der Waals surface area contributed by atoms with Crippen molar-refractivity contribution in [2.24, 2.45) is 5.92 Å². The number of aliphatic carboxylic acids is 1. The van der Waals surface area contributed by atoms with Gasteiger partial charge in [-0.15, -0.1) is 0 Å². The molecular weight excluding hydrogens is 399 g/mol. The molecule has 1 aromatic carbocycles. The van der Waals surface area contributed by atoms with Gasteiger partial charge in [0.15, 0.2) is 0 Å². The Balaban J connectivity index is 1.59. The van der Waals surface area contributed by atoms with E-state index < -0.39 is 42.6 Å². The summed E-state index contributed by atoms with van der Waals surface area (Å²) in [5.41, 5.74) is 1.43. The Bertz CT molecular complexity index is 910. The highest BCUT2D eigenvalue weighted by atomic mass is 19.3. The first-order valence-electron chi connectivity index (χ1n) is 10.2. The summed E-state index contributed by atoms with van der Waals surface area (Å²) < 4.78 is 48.2. The number of halogens is 3. The lowest BCUT2D eigenvalue weighted by Crippen LogP contribution is -2.41. The summed E-state index contributed by atoms with van der Waals surface area (Å²) in [5.74, 6) is -5.73. The van der Waals surface area contributed by atoms with Gasteiger partial charge in [0.05, 0.1) is 12.1 Å². The molecule has 1 amide bonds. The van der Waals surface area contributed by atoms with Crippen LogP contribution in [-0.4, -0.2) is 47.0 Å². The molecule has 1 aliphatic heterocycles. The van der Waals surface area contributed by atoms with E-state index in [0.29, 0.717) is 28.7 Å². The van der Waals surface area contributed by atoms with Crippen LogP contribution < -0.4 is 4.74 Å². The number of hydrogen-bond donors (Lipinski definition) is 1. The van der Waals surface area contributed by atoms with Crippen molar-refractivity contribution < 1.29 is 32.6 Å². The van der Waals surface area contributed by atoms with Gasteiger partial charge < -0.3 is 14.7 Å². The number of alkyl halides is 2. The minimum atomic E-state index is -3.32. The van der Waals surface area contributed by atoms with Gasteiger partial charge in [0, 0.05) is 12.5 Å². The third-order valence-electron chi connectivity index (χ3n) is 6.00. The average Bonchev–Trinajstić information content (AvgIpc) is 3.34. The van der Waals surface area contributed by atoms with Crippen LogP contribution in [0.15, 0.2) is 23.8 Å². The summed E-state index contributed by atoms with van der Waals surface area (Å²) in [6.07, 6.45) is 4.80. The summed E-state index contributed by atoms with van der Waals surface area (Å²) in [7, 11) is 0. The van der Waals surface area contributed by atoms with Crippen LogP contribution in [0.2, 0.25) is 0 Å². The fourth-order valence-corrected chi connectivity index (χ4v) is 4.25. The molecule has 1 saturated carbocycles. The standard InChI is InChI=1S/C22H24F3NO4/c1-12-2-3-13(6-12)10-30-19-8-17(23)16(7-15(19)14-4-5-14)20(27)26-11-22(24,25)9-18(26)21(28)29/h3,7-8,12,14,18H,2,4-6,9-11H2,1H3,(H,28,29)/t12?,18-/m0/s1. The van der Waals surface area contributed by atoms with Gasteiger partial charge in [0.25, 0.3) is 11.8 Å². The largest absolute Gasteiger partial charge is 0.489 e. The second kappa shape index (κ2) is 7.63. The van der Waals surface area contributed by atoms with Crippen LogP contribution in [0.4, 0.5) is 13.2 Å². The minimum absolute atomic E-state index is 0.124. The van der Waals surface area contributed by atoms with Crippen LogP contribution in [0.3, 0.4) is 0 Å². The normalized spacial score (nSPS) is 25.3. The average molecular weight is 423 g/mol. The third kappa shape index (κ3) is 4.18. The van der Waals surface area contributed by atoms with Gasteiger partial charge in [0.1, 0.15) is 24.2 Å². The van der Waals surface area contributed by atoms with Crippen molar-refractivity contribution in [1.82, 2.24) is 4.90 Å². The van der Waals surface area contributed by atoms with E-state index in [1.807, 2.05) is 0 Å². The van der Waals surface area contributed by atoms with Gasteiger partial charge >= 0.3 is 5.97 Å². The van der Waals surface area contributed by atoms with Gasteiger partial charge in [-0.1, -0.05) is 13.0 Å². The van der Waals surface area contributed by atoms with Crippen LogP contribution >= 0.6 is 0 Å². The molecule has 0 spiro atoms. The van der Waals surface area contributed by atoms with Gasteiger partial charge in [0.2, 0.25) is 0 Å². The highest BCUT2D eigenvalue weighted by Gasteiger charge is 2.50. The van der Waals surface area contributed by atoms with E-state index in [0.717, 1.165) is 37.3 Å². The molecule has 2 atom stereocenters. The van der Waals surface area contributed by atoms with Crippen molar-refractivity contribution in [1.29, 1.82) is 0 Å². The summed E-state index contributed by atoms with van der Waals surface area (Å²) in [5, 5.41) is 9.22. The number of carbonyl (C=O) groups excluding carboxylic acids is 1. The molecule has 1 aromatic rings. The lowest BCUT2D eigenvalue weighted by atomic mass is 10.0. The molecule has 3 aliphatic rings. The van der Waals surface area contributed by atoms with Crippen LogP contribution in [0, 0.1) is 11.7 Å². The van der Waals surface area contributed by atoms with Crippen molar-refractivity contribution in [3.8, 4) is 5.75 Å². The lowest BCUT2D eigenvalue weighted by molar-refractivity contribution is -0.141. The third-order valence-corrected chi connectivity index (χ3v) is 6.00.